The summed E-state index contributed by atoms with van der Waals surface area (Å²) in [6.45, 7) is 2.59. The molecule has 0 atom stereocenters. The van der Waals surface area contributed by atoms with E-state index in [0.29, 0.717) is 6.29 Å². The fraction of sp³-hybridized carbons (Fsp3) is 0.300. The first-order chi connectivity index (χ1) is 19.8. The van der Waals surface area contributed by atoms with Crippen LogP contribution >= 0.6 is 0 Å². The van der Waals surface area contributed by atoms with Crippen LogP contribution in [0.3, 0.4) is 0 Å². The first-order valence-electron chi connectivity index (χ1n) is 12.4. The number of carbonyl (C=O) groups is 3. The fourth-order valence-corrected chi connectivity index (χ4v) is 3.20. The molecule has 12 heteroatoms. The summed E-state index contributed by atoms with van der Waals surface area (Å²) in [6, 6.07) is 15.3. The second-order valence-corrected chi connectivity index (χ2v) is 8.61. The van der Waals surface area contributed by atoms with Crippen LogP contribution in [0.25, 0.3) is 0 Å². The van der Waals surface area contributed by atoms with Gasteiger partial charge in [-0.15, -0.1) is 0 Å². The second-order valence-electron chi connectivity index (χ2n) is 8.61. The molecular weight excluding hydrogens is 568 g/mol. The number of aldehydes is 2. The van der Waals surface area contributed by atoms with Crippen LogP contribution in [-0.2, 0) is 28.2 Å². The van der Waals surface area contributed by atoms with Gasteiger partial charge >= 0.3 is 12.4 Å². The van der Waals surface area contributed by atoms with Crippen LogP contribution in [0.4, 0.5) is 26.3 Å². The molecule has 0 aliphatic rings. The Kier molecular flexibility index (Phi) is 15.2. The molecule has 228 valence electrons. The van der Waals surface area contributed by atoms with Crippen molar-refractivity contribution in [2.45, 2.75) is 31.7 Å². The van der Waals surface area contributed by atoms with Crippen molar-refractivity contribution in [1.29, 1.82) is 0 Å². The van der Waals surface area contributed by atoms with Crippen molar-refractivity contribution in [2.24, 2.45) is 0 Å². The number of methoxy groups -OCH3 is 2. The van der Waals surface area contributed by atoms with E-state index in [9.17, 15) is 40.7 Å². The number of hydrogen-bond acceptors (Lipinski definition) is 5. The van der Waals surface area contributed by atoms with Gasteiger partial charge in [0.25, 0.3) is 5.91 Å². The molecule has 3 aromatic rings. The highest BCUT2D eigenvalue weighted by molar-refractivity contribution is 5.94. The Balaban J connectivity index is 0.000000341. The SMILES string of the molecule is CCc1ccc(C=O)cc1.COCC(COC)NC(=O)c1ccc(C(F)(F)F)cc1.O=Cc1ccc(C(F)(F)F)cc1. The van der Waals surface area contributed by atoms with Crippen molar-refractivity contribution >= 4 is 18.5 Å². The Labute approximate surface area is 239 Å². The molecule has 0 aromatic heterocycles. The molecule has 0 bridgehead atoms. The standard InChI is InChI=1S/C13H16F3NO3.C9H10O.C8H5F3O/c1-19-7-11(8-20-2)17-12(18)9-3-5-10(6-4-9)13(14,15)16;1-2-8-3-5-9(7-10)6-4-8;9-8(10,11)7-3-1-6(5-12)2-4-7/h3-6,11H,7-8H2,1-2H3,(H,17,18);3-7H,2H2,1H3;1-5H. The molecule has 0 spiro atoms. The molecule has 6 nitrogen and oxygen atoms in total. The molecular formula is C30H31F6NO5. The first-order valence-corrected chi connectivity index (χ1v) is 12.4. The van der Waals surface area contributed by atoms with E-state index in [1.54, 1.807) is 0 Å². The lowest BCUT2D eigenvalue weighted by Crippen LogP contribution is -2.41. The second kappa shape index (κ2) is 17.7. The van der Waals surface area contributed by atoms with Gasteiger partial charge in [-0.3, -0.25) is 14.4 Å². The summed E-state index contributed by atoms with van der Waals surface area (Å²) in [6.07, 6.45) is -6.36. The minimum Gasteiger partial charge on any atom is -0.382 e. The van der Waals surface area contributed by atoms with E-state index in [-0.39, 0.29) is 30.4 Å². The summed E-state index contributed by atoms with van der Waals surface area (Å²) in [5.74, 6) is -0.474. The normalized spacial score (nSPS) is 11.0. The maximum atomic E-state index is 12.4. The van der Waals surface area contributed by atoms with E-state index in [0.717, 1.165) is 66.8 Å². The number of alkyl halides is 6. The Bertz CT molecular complexity index is 1220. The van der Waals surface area contributed by atoms with Gasteiger partial charge in [0.1, 0.15) is 12.6 Å². The van der Waals surface area contributed by atoms with Gasteiger partial charge in [0.05, 0.1) is 30.4 Å². The monoisotopic (exact) mass is 599 g/mol. The molecule has 1 amide bonds. The Morgan fingerprint density at radius 3 is 1.43 bits per heavy atom. The molecule has 0 unspecified atom stereocenters. The van der Waals surface area contributed by atoms with Crippen LogP contribution in [0.2, 0.25) is 0 Å². The van der Waals surface area contributed by atoms with Gasteiger partial charge in [0, 0.05) is 30.9 Å². The summed E-state index contributed by atoms with van der Waals surface area (Å²) in [5.41, 5.74) is 0.869. The third-order valence-electron chi connectivity index (χ3n) is 5.44. The highest BCUT2D eigenvalue weighted by atomic mass is 19.4. The van der Waals surface area contributed by atoms with Crippen molar-refractivity contribution in [3.05, 3.63) is 106 Å². The maximum Gasteiger partial charge on any atom is 0.416 e. The number of aryl methyl sites for hydroxylation is 1. The highest BCUT2D eigenvalue weighted by Crippen LogP contribution is 2.29. The van der Waals surface area contributed by atoms with Gasteiger partial charge < -0.3 is 14.8 Å². The predicted molar refractivity (Wildman–Crippen MR) is 144 cm³/mol. The molecule has 0 saturated carbocycles. The lowest BCUT2D eigenvalue weighted by molar-refractivity contribution is -0.138. The van der Waals surface area contributed by atoms with Crippen molar-refractivity contribution in [3.63, 3.8) is 0 Å². The number of halogens is 6. The topological polar surface area (TPSA) is 81.7 Å². The quantitative estimate of drug-likeness (QED) is 0.219. The van der Waals surface area contributed by atoms with Crippen molar-refractivity contribution in [1.82, 2.24) is 5.32 Å². The number of ether oxygens (including phenoxy) is 2. The summed E-state index contributed by atoms with van der Waals surface area (Å²) < 4.78 is 82.8. The van der Waals surface area contributed by atoms with Gasteiger partial charge in [0.2, 0.25) is 0 Å². The van der Waals surface area contributed by atoms with Gasteiger partial charge in [-0.25, -0.2) is 0 Å². The van der Waals surface area contributed by atoms with Crippen LogP contribution in [0.15, 0.2) is 72.8 Å². The number of benzene rings is 3. The Morgan fingerprint density at radius 2 is 1.10 bits per heavy atom. The number of hydrogen-bond donors (Lipinski definition) is 1. The predicted octanol–water partition coefficient (Wildman–Crippen LogP) is 6.68. The first kappa shape index (κ1) is 36.0. The van der Waals surface area contributed by atoms with E-state index in [4.69, 9.17) is 9.47 Å². The average Bonchev–Trinajstić information content (AvgIpc) is 2.97. The van der Waals surface area contributed by atoms with Gasteiger partial charge in [-0.1, -0.05) is 43.3 Å². The highest BCUT2D eigenvalue weighted by Gasteiger charge is 2.30. The van der Waals surface area contributed by atoms with Crippen LogP contribution in [0.1, 0.15) is 54.7 Å². The smallest absolute Gasteiger partial charge is 0.382 e. The molecule has 1 N–H and O–H groups in total. The minimum atomic E-state index is -4.41. The fourth-order valence-electron chi connectivity index (χ4n) is 3.20. The zero-order valence-corrected chi connectivity index (χ0v) is 23.1. The summed E-state index contributed by atoms with van der Waals surface area (Å²) in [5, 5.41) is 2.62. The lowest BCUT2D eigenvalue weighted by atomic mass is 10.1. The molecule has 0 fully saturated rings. The van der Waals surface area contributed by atoms with Crippen LogP contribution in [-0.4, -0.2) is 52.0 Å². The van der Waals surface area contributed by atoms with E-state index in [2.05, 4.69) is 12.2 Å². The van der Waals surface area contributed by atoms with E-state index in [1.807, 2.05) is 24.3 Å². The van der Waals surface area contributed by atoms with Gasteiger partial charge in [-0.2, -0.15) is 26.3 Å². The third kappa shape index (κ3) is 13.1. The molecule has 42 heavy (non-hydrogen) atoms. The molecule has 0 aliphatic carbocycles. The summed E-state index contributed by atoms with van der Waals surface area (Å²) in [4.78, 5) is 32.2. The largest absolute Gasteiger partial charge is 0.416 e. The maximum absolute atomic E-state index is 12.4. The van der Waals surface area contributed by atoms with E-state index < -0.39 is 29.4 Å². The van der Waals surface area contributed by atoms with Crippen LogP contribution < -0.4 is 5.32 Å². The van der Waals surface area contributed by atoms with E-state index in [1.165, 1.54) is 19.8 Å². The van der Waals surface area contributed by atoms with Crippen LogP contribution in [0.5, 0.6) is 0 Å². The number of carbonyl (C=O) groups excluding carboxylic acids is 3. The zero-order valence-electron chi connectivity index (χ0n) is 23.1. The number of nitrogens with one attached hydrogen (secondary N) is 1. The van der Waals surface area contributed by atoms with Gasteiger partial charge in [0.15, 0.2) is 0 Å². The zero-order chi connectivity index (χ0) is 31.8. The molecule has 0 saturated heterocycles. The molecule has 3 rings (SSSR count). The summed E-state index contributed by atoms with van der Waals surface area (Å²) in [7, 11) is 2.96. The van der Waals surface area contributed by atoms with Crippen molar-refractivity contribution < 1.29 is 50.2 Å². The van der Waals surface area contributed by atoms with E-state index >= 15 is 0 Å². The molecule has 0 heterocycles. The third-order valence-corrected chi connectivity index (χ3v) is 5.44. The van der Waals surface area contributed by atoms with Crippen LogP contribution in [0, 0.1) is 0 Å². The minimum absolute atomic E-state index is 0.148. The van der Waals surface area contributed by atoms with Crippen molar-refractivity contribution in [3.8, 4) is 0 Å². The number of rotatable bonds is 9. The Hall–Kier alpha value is -4.03. The van der Waals surface area contributed by atoms with Crippen molar-refractivity contribution in [2.75, 3.05) is 27.4 Å². The average molecular weight is 600 g/mol. The Morgan fingerprint density at radius 1 is 0.714 bits per heavy atom. The summed E-state index contributed by atoms with van der Waals surface area (Å²) >= 11 is 0. The molecule has 0 radical (unpaired) electrons. The van der Waals surface area contributed by atoms with Gasteiger partial charge in [-0.05, 0) is 48.4 Å². The molecule has 0 aliphatic heterocycles. The lowest BCUT2D eigenvalue weighted by Gasteiger charge is -2.17. The molecule has 3 aromatic carbocycles. The number of amides is 1.